The average molecular weight is 275 g/mol. The highest BCUT2D eigenvalue weighted by molar-refractivity contribution is 7.99. The number of hydrogen-bond donors (Lipinski definition) is 1. The number of nitrogens with zero attached hydrogens (tertiary/aromatic N) is 2. The molecule has 2 rings (SSSR count). The molecule has 2 aromatic rings. The van der Waals surface area contributed by atoms with Crippen molar-refractivity contribution in [3.8, 4) is 0 Å². The lowest BCUT2D eigenvalue weighted by Crippen LogP contribution is -2.18. The van der Waals surface area contributed by atoms with E-state index >= 15 is 0 Å². The third-order valence-corrected chi connectivity index (χ3v) is 3.87. The van der Waals surface area contributed by atoms with E-state index in [2.05, 4.69) is 52.1 Å². The number of thioether (sulfide) groups is 1. The van der Waals surface area contributed by atoms with Crippen molar-refractivity contribution in [3.63, 3.8) is 0 Å². The first kappa shape index (κ1) is 14.2. The van der Waals surface area contributed by atoms with Crippen molar-refractivity contribution < 1.29 is 0 Å². The van der Waals surface area contributed by atoms with Crippen LogP contribution in [0, 0.1) is 0 Å². The van der Waals surface area contributed by atoms with Crippen LogP contribution >= 0.6 is 11.8 Å². The molecule has 0 amide bonds. The van der Waals surface area contributed by atoms with Crippen molar-refractivity contribution in [1.82, 2.24) is 14.9 Å². The van der Waals surface area contributed by atoms with Gasteiger partial charge in [-0.3, -0.25) is 0 Å². The summed E-state index contributed by atoms with van der Waals surface area (Å²) in [6, 6.07) is 10.5. The predicted molar refractivity (Wildman–Crippen MR) is 81.4 cm³/mol. The van der Waals surface area contributed by atoms with Gasteiger partial charge in [0.1, 0.15) is 0 Å². The van der Waals surface area contributed by atoms with Crippen LogP contribution in [0.3, 0.4) is 0 Å². The van der Waals surface area contributed by atoms with Gasteiger partial charge in [-0.05, 0) is 18.6 Å². The van der Waals surface area contributed by atoms with E-state index < -0.39 is 0 Å². The Morgan fingerprint density at radius 1 is 1.26 bits per heavy atom. The molecular weight excluding hydrogens is 254 g/mol. The molecule has 0 saturated heterocycles. The molecule has 1 heterocycles. The summed E-state index contributed by atoms with van der Waals surface area (Å²) in [5, 5.41) is 3.48. The molecule has 102 valence electrons. The second-order valence-electron chi connectivity index (χ2n) is 4.42. The smallest absolute Gasteiger partial charge is 0.0948 e. The summed E-state index contributed by atoms with van der Waals surface area (Å²) in [5.74, 6) is 1.09. The molecular formula is C15H21N3S. The fraction of sp³-hybridized carbons (Fsp3) is 0.400. The summed E-state index contributed by atoms with van der Waals surface area (Å²) in [6.07, 6.45) is 5.01. The first-order valence-corrected chi connectivity index (χ1v) is 7.76. The minimum absolute atomic E-state index is 0.898. The van der Waals surface area contributed by atoms with Crippen LogP contribution in [0.1, 0.15) is 19.0 Å². The summed E-state index contributed by atoms with van der Waals surface area (Å²) in [7, 11) is 0. The monoisotopic (exact) mass is 275 g/mol. The zero-order valence-corrected chi connectivity index (χ0v) is 12.2. The Morgan fingerprint density at radius 2 is 2.11 bits per heavy atom. The maximum atomic E-state index is 4.20. The normalized spacial score (nSPS) is 10.8. The molecule has 0 spiro atoms. The molecule has 0 aliphatic carbocycles. The lowest BCUT2D eigenvalue weighted by atomic mass is 10.4. The van der Waals surface area contributed by atoms with E-state index in [9.17, 15) is 0 Å². The Morgan fingerprint density at radius 3 is 2.89 bits per heavy atom. The van der Waals surface area contributed by atoms with Crippen LogP contribution in [0.4, 0.5) is 0 Å². The van der Waals surface area contributed by atoms with Crippen molar-refractivity contribution in [2.24, 2.45) is 0 Å². The summed E-state index contributed by atoms with van der Waals surface area (Å²) >= 11 is 1.89. The van der Waals surface area contributed by atoms with Crippen LogP contribution in [0.15, 0.2) is 47.8 Å². The van der Waals surface area contributed by atoms with Crippen LogP contribution in [0.25, 0.3) is 0 Å². The van der Waals surface area contributed by atoms with Gasteiger partial charge in [-0.1, -0.05) is 25.1 Å². The van der Waals surface area contributed by atoms with E-state index in [-0.39, 0.29) is 0 Å². The molecule has 19 heavy (non-hydrogen) atoms. The number of imidazole rings is 1. The van der Waals surface area contributed by atoms with Crippen molar-refractivity contribution in [3.05, 3.63) is 48.5 Å². The molecule has 1 aromatic carbocycles. The van der Waals surface area contributed by atoms with Gasteiger partial charge in [0.2, 0.25) is 0 Å². The van der Waals surface area contributed by atoms with Gasteiger partial charge in [-0.25, -0.2) is 4.98 Å². The fourth-order valence-electron chi connectivity index (χ4n) is 1.91. The van der Waals surface area contributed by atoms with E-state index in [1.807, 2.05) is 24.3 Å². The van der Waals surface area contributed by atoms with Crippen LogP contribution in [-0.2, 0) is 13.1 Å². The fourth-order valence-corrected chi connectivity index (χ4v) is 2.74. The van der Waals surface area contributed by atoms with E-state index in [4.69, 9.17) is 0 Å². The van der Waals surface area contributed by atoms with Crippen molar-refractivity contribution >= 4 is 11.8 Å². The highest BCUT2D eigenvalue weighted by Crippen LogP contribution is 2.15. The molecule has 3 nitrogen and oxygen atoms in total. The van der Waals surface area contributed by atoms with Crippen molar-refractivity contribution in [2.75, 3.05) is 12.3 Å². The minimum atomic E-state index is 0.898. The van der Waals surface area contributed by atoms with Crippen LogP contribution < -0.4 is 5.32 Å². The molecule has 0 unspecified atom stereocenters. The van der Waals surface area contributed by atoms with Gasteiger partial charge in [-0.15, -0.1) is 11.8 Å². The summed E-state index contributed by atoms with van der Waals surface area (Å²) in [6.45, 7) is 5.15. The van der Waals surface area contributed by atoms with Gasteiger partial charge < -0.3 is 9.88 Å². The second kappa shape index (κ2) is 8.02. The lowest BCUT2D eigenvalue weighted by molar-refractivity contribution is 0.612. The molecule has 1 N–H and O–H groups in total. The Hall–Kier alpha value is -1.26. The summed E-state index contributed by atoms with van der Waals surface area (Å²) < 4.78 is 2.22. The summed E-state index contributed by atoms with van der Waals surface area (Å²) in [4.78, 5) is 5.54. The number of hydrogen-bond acceptors (Lipinski definition) is 3. The predicted octanol–water partition coefficient (Wildman–Crippen LogP) is 3.18. The number of nitrogens with one attached hydrogen (secondary N) is 1. The first-order chi connectivity index (χ1) is 9.40. The van der Waals surface area contributed by atoms with E-state index in [1.165, 1.54) is 10.6 Å². The molecule has 0 radical (unpaired) electrons. The minimum Gasteiger partial charge on any atom is -0.333 e. The molecule has 0 fully saturated rings. The van der Waals surface area contributed by atoms with Crippen LogP contribution in [-0.4, -0.2) is 21.8 Å². The molecule has 0 saturated carbocycles. The van der Waals surface area contributed by atoms with Crippen LogP contribution in [0.2, 0.25) is 0 Å². The molecule has 0 atom stereocenters. The highest BCUT2D eigenvalue weighted by atomic mass is 32.2. The van der Waals surface area contributed by atoms with Gasteiger partial charge in [0.05, 0.1) is 12.0 Å². The quantitative estimate of drug-likeness (QED) is 0.593. The standard InChI is InChI=1S/C15H21N3S/c1-2-9-18-13-17-12-14(18)11-16-8-10-19-15-6-4-3-5-7-15/h3-7,12-13,16H,2,8-11H2,1H3. The maximum absolute atomic E-state index is 4.20. The molecule has 1 aromatic heterocycles. The largest absolute Gasteiger partial charge is 0.333 e. The number of rotatable bonds is 8. The molecule has 0 aliphatic heterocycles. The average Bonchev–Trinajstić information content (AvgIpc) is 2.88. The Kier molecular flexibility index (Phi) is 5.98. The zero-order valence-electron chi connectivity index (χ0n) is 11.4. The number of aromatic nitrogens is 2. The zero-order chi connectivity index (χ0) is 13.3. The second-order valence-corrected chi connectivity index (χ2v) is 5.58. The summed E-state index contributed by atoms with van der Waals surface area (Å²) in [5.41, 5.74) is 1.27. The Labute approximate surface area is 119 Å². The Bertz CT molecular complexity index is 467. The SMILES string of the molecule is CCCn1cncc1CNCCSc1ccccc1. The van der Waals surface area contributed by atoms with Gasteiger partial charge in [-0.2, -0.15) is 0 Å². The first-order valence-electron chi connectivity index (χ1n) is 6.77. The van der Waals surface area contributed by atoms with Gasteiger partial charge >= 0.3 is 0 Å². The molecule has 0 bridgehead atoms. The highest BCUT2D eigenvalue weighted by Gasteiger charge is 2.00. The lowest BCUT2D eigenvalue weighted by Gasteiger charge is -2.08. The molecule has 4 heteroatoms. The maximum Gasteiger partial charge on any atom is 0.0948 e. The third kappa shape index (κ3) is 4.73. The van der Waals surface area contributed by atoms with E-state index in [0.717, 1.165) is 31.8 Å². The number of aryl methyl sites for hydroxylation is 1. The number of benzene rings is 1. The van der Waals surface area contributed by atoms with Gasteiger partial charge in [0, 0.05) is 36.5 Å². The van der Waals surface area contributed by atoms with Crippen LogP contribution in [0.5, 0.6) is 0 Å². The Balaban J connectivity index is 1.65. The topological polar surface area (TPSA) is 29.9 Å². The third-order valence-electron chi connectivity index (χ3n) is 2.86. The van der Waals surface area contributed by atoms with Gasteiger partial charge in [0.25, 0.3) is 0 Å². The van der Waals surface area contributed by atoms with Crippen molar-refractivity contribution in [2.45, 2.75) is 31.3 Å². The van der Waals surface area contributed by atoms with E-state index in [0.29, 0.717) is 0 Å². The van der Waals surface area contributed by atoms with Crippen molar-refractivity contribution in [1.29, 1.82) is 0 Å². The molecule has 0 aliphatic rings. The van der Waals surface area contributed by atoms with Gasteiger partial charge in [0.15, 0.2) is 0 Å². The van der Waals surface area contributed by atoms with E-state index in [1.54, 1.807) is 0 Å².